The van der Waals surface area contributed by atoms with Crippen molar-refractivity contribution in [2.24, 2.45) is 0 Å². The van der Waals surface area contributed by atoms with Gasteiger partial charge in [0.25, 0.3) is 0 Å². The predicted octanol–water partition coefficient (Wildman–Crippen LogP) is 7.60. The van der Waals surface area contributed by atoms with Crippen molar-refractivity contribution in [3.05, 3.63) is 102 Å². The SMILES string of the molecule is CC.CC.CC.CCS(=O)(=O)c1ccccc1.O=C(Cc1ccccc1)Cc1ccccc1. The molecular formula is C29H42O3S. The lowest BCUT2D eigenvalue weighted by Crippen LogP contribution is -2.06. The molecule has 182 valence electrons. The molecule has 0 bridgehead atoms. The van der Waals surface area contributed by atoms with Crippen LogP contribution >= 0.6 is 0 Å². The summed E-state index contributed by atoms with van der Waals surface area (Å²) >= 11 is 0. The van der Waals surface area contributed by atoms with E-state index in [2.05, 4.69) is 0 Å². The Kier molecular flexibility index (Phi) is 20.8. The highest BCUT2D eigenvalue weighted by molar-refractivity contribution is 7.91. The molecule has 0 spiro atoms. The molecular weight excluding hydrogens is 428 g/mol. The van der Waals surface area contributed by atoms with Crippen molar-refractivity contribution >= 4 is 15.6 Å². The molecule has 0 amide bonds. The quantitative estimate of drug-likeness (QED) is 0.373. The Morgan fingerprint density at radius 2 is 0.879 bits per heavy atom. The average Bonchev–Trinajstić information content (AvgIpc) is 2.90. The molecule has 33 heavy (non-hydrogen) atoms. The molecule has 0 aliphatic heterocycles. The van der Waals surface area contributed by atoms with Crippen LogP contribution < -0.4 is 0 Å². The first-order valence-corrected chi connectivity index (χ1v) is 13.5. The molecule has 0 aliphatic carbocycles. The molecule has 0 aromatic heterocycles. The fraction of sp³-hybridized carbons (Fsp3) is 0.345. The van der Waals surface area contributed by atoms with E-state index < -0.39 is 9.84 Å². The first-order valence-electron chi connectivity index (χ1n) is 11.9. The minimum atomic E-state index is -3.00. The largest absolute Gasteiger partial charge is 0.299 e. The zero-order valence-electron chi connectivity index (χ0n) is 21.4. The Labute approximate surface area is 202 Å². The lowest BCUT2D eigenvalue weighted by molar-refractivity contribution is -0.117. The zero-order chi connectivity index (χ0) is 25.5. The summed E-state index contributed by atoms with van der Waals surface area (Å²) in [6.07, 6.45) is 1.05. The highest BCUT2D eigenvalue weighted by Gasteiger charge is 2.08. The number of benzene rings is 3. The summed E-state index contributed by atoms with van der Waals surface area (Å²) in [5.41, 5.74) is 2.17. The van der Waals surface area contributed by atoms with E-state index in [0.29, 0.717) is 17.7 Å². The van der Waals surface area contributed by atoms with Gasteiger partial charge in [-0.15, -0.1) is 0 Å². The van der Waals surface area contributed by atoms with Crippen molar-refractivity contribution in [2.45, 2.75) is 66.2 Å². The van der Waals surface area contributed by atoms with Gasteiger partial charge in [-0.05, 0) is 23.3 Å². The molecule has 0 N–H and O–H groups in total. The third-order valence-electron chi connectivity index (χ3n) is 3.97. The first-order chi connectivity index (χ1) is 16.0. The summed E-state index contributed by atoms with van der Waals surface area (Å²) in [5.74, 6) is 0.425. The van der Waals surface area contributed by atoms with Crippen LogP contribution in [0.25, 0.3) is 0 Å². The molecule has 0 aliphatic rings. The van der Waals surface area contributed by atoms with Crippen molar-refractivity contribution in [3.63, 3.8) is 0 Å². The van der Waals surface area contributed by atoms with Gasteiger partial charge in [-0.3, -0.25) is 4.79 Å². The van der Waals surface area contributed by atoms with Crippen molar-refractivity contribution in [1.82, 2.24) is 0 Å². The first kappa shape index (κ1) is 32.5. The van der Waals surface area contributed by atoms with E-state index in [0.717, 1.165) is 11.1 Å². The molecule has 4 heteroatoms. The molecule has 3 aromatic carbocycles. The normalized spacial score (nSPS) is 9.18. The number of sulfone groups is 1. The van der Waals surface area contributed by atoms with Crippen LogP contribution in [-0.4, -0.2) is 20.0 Å². The van der Waals surface area contributed by atoms with Gasteiger partial charge in [-0.1, -0.05) is 127 Å². The highest BCUT2D eigenvalue weighted by Crippen LogP contribution is 2.08. The number of rotatable bonds is 6. The fourth-order valence-electron chi connectivity index (χ4n) is 2.50. The Morgan fingerprint density at radius 3 is 1.18 bits per heavy atom. The summed E-state index contributed by atoms with van der Waals surface area (Å²) in [4.78, 5) is 12.2. The number of ketones is 1. The third kappa shape index (κ3) is 14.9. The number of hydrogen-bond acceptors (Lipinski definition) is 3. The second-order valence-electron chi connectivity index (χ2n) is 6.08. The zero-order valence-corrected chi connectivity index (χ0v) is 22.2. The van der Waals surface area contributed by atoms with Crippen LogP contribution in [-0.2, 0) is 27.5 Å². The number of Topliss-reactive ketones (excluding diaryl/α,β-unsaturated/α-hetero) is 1. The van der Waals surface area contributed by atoms with E-state index in [1.54, 1.807) is 37.3 Å². The molecule has 3 rings (SSSR count). The molecule has 3 aromatic rings. The fourth-order valence-corrected chi connectivity index (χ4v) is 3.41. The molecule has 0 radical (unpaired) electrons. The second-order valence-corrected chi connectivity index (χ2v) is 8.36. The third-order valence-corrected chi connectivity index (χ3v) is 5.72. The van der Waals surface area contributed by atoms with Gasteiger partial charge in [0.2, 0.25) is 0 Å². The monoisotopic (exact) mass is 470 g/mol. The van der Waals surface area contributed by atoms with Crippen LogP contribution in [0.15, 0.2) is 95.9 Å². The average molecular weight is 471 g/mol. The standard InChI is InChI=1S/C15H14O.C8H10O2S.3C2H6/c16-15(11-13-7-3-1-4-8-13)12-14-9-5-2-6-10-14;1-2-11(9,10)8-6-4-3-5-7-8;3*1-2/h1-10H,11-12H2;3-7H,2H2,1H3;3*1-2H3. The van der Waals surface area contributed by atoms with Gasteiger partial charge in [-0.2, -0.15) is 0 Å². The minimum absolute atomic E-state index is 0.164. The van der Waals surface area contributed by atoms with Crippen LogP contribution in [0.2, 0.25) is 0 Å². The van der Waals surface area contributed by atoms with E-state index in [-0.39, 0.29) is 11.5 Å². The molecule has 0 unspecified atom stereocenters. The van der Waals surface area contributed by atoms with E-state index in [4.69, 9.17) is 0 Å². The van der Waals surface area contributed by atoms with E-state index in [1.165, 1.54) is 0 Å². The Bertz CT molecular complexity index is 877. The number of carbonyl (C=O) groups is 1. The summed E-state index contributed by atoms with van der Waals surface area (Å²) in [7, 11) is -3.00. The second kappa shape index (κ2) is 21.1. The molecule has 0 saturated carbocycles. The number of carbonyl (C=O) groups excluding carboxylic acids is 1. The summed E-state index contributed by atoms with van der Waals surface area (Å²) in [6.45, 7) is 13.6. The van der Waals surface area contributed by atoms with Crippen LogP contribution in [0.4, 0.5) is 0 Å². The Hall–Kier alpha value is -2.72. The van der Waals surface area contributed by atoms with E-state index in [9.17, 15) is 13.2 Å². The number of hydrogen-bond donors (Lipinski definition) is 0. The van der Waals surface area contributed by atoms with Gasteiger partial charge >= 0.3 is 0 Å². The Balaban J connectivity index is 0. The van der Waals surface area contributed by atoms with Gasteiger partial charge < -0.3 is 0 Å². The lowest BCUT2D eigenvalue weighted by Gasteiger charge is -2.01. The lowest BCUT2D eigenvalue weighted by atomic mass is 10.0. The van der Waals surface area contributed by atoms with Gasteiger partial charge in [0, 0.05) is 12.8 Å². The highest BCUT2D eigenvalue weighted by atomic mass is 32.2. The maximum absolute atomic E-state index is 11.8. The van der Waals surface area contributed by atoms with Gasteiger partial charge in [0.15, 0.2) is 9.84 Å². The van der Waals surface area contributed by atoms with Crippen LogP contribution in [0, 0.1) is 0 Å². The van der Waals surface area contributed by atoms with Crippen molar-refractivity contribution in [1.29, 1.82) is 0 Å². The summed E-state index contributed by atoms with van der Waals surface area (Å²) in [6, 6.07) is 28.2. The maximum Gasteiger partial charge on any atom is 0.178 e. The molecule has 0 saturated heterocycles. The van der Waals surface area contributed by atoms with Crippen molar-refractivity contribution in [3.8, 4) is 0 Å². The summed E-state index contributed by atoms with van der Waals surface area (Å²) in [5, 5.41) is 0. The van der Waals surface area contributed by atoms with E-state index in [1.807, 2.05) is 102 Å². The smallest absolute Gasteiger partial charge is 0.178 e. The van der Waals surface area contributed by atoms with E-state index >= 15 is 0 Å². The van der Waals surface area contributed by atoms with Crippen LogP contribution in [0.5, 0.6) is 0 Å². The predicted molar refractivity (Wildman–Crippen MR) is 144 cm³/mol. The van der Waals surface area contributed by atoms with Crippen LogP contribution in [0.3, 0.4) is 0 Å². The van der Waals surface area contributed by atoms with Crippen molar-refractivity contribution < 1.29 is 13.2 Å². The van der Waals surface area contributed by atoms with Gasteiger partial charge in [0.05, 0.1) is 10.6 Å². The Morgan fingerprint density at radius 1 is 0.576 bits per heavy atom. The van der Waals surface area contributed by atoms with Crippen molar-refractivity contribution in [2.75, 3.05) is 5.75 Å². The minimum Gasteiger partial charge on any atom is -0.299 e. The topological polar surface area (TPSA) is 51.2 Å². The van der Waals surface area contributed by atoms with Gasteiger partial charge in [-0.25, -0.2) is 8.42 Å². The maximum atomic E-state index is 11.8. The summed E-state index contributed by atoms with van der Waals surface area (Å²) < 4.78 is 22.4. The van der Waals surface area contributed by atoms with Gasteiger partial charge in [0.1, 0.15) is 5.78 Å². The molecule has 0 fully saturated rings. The molecule has 3 nitrogen and oxygen atoms in total. The van der Waals surface area contributed by atoms with Crippen LogP contribution in [0.1, 0.15) is 59.6 Å². The molecule has 0 heterocycles. The molecule has 0 atom stereocenters.